The Hall–Kier alpha value is -1.03. The molecule has 0 aliphatic carbocycles. The maximum atomic E-state index is 12.0. The van der Waals surface area contributed by atoms with Gasteiger partial charge < -0.3 is 0 Å². The summed E-state index contributed by atoms with van der Waals surface area (Å²) in [6, 6.07) is 0. The fourth-order valence-electron chi connectivity index (χ4n) is 1.70. The molecule has 0 saturated carbocycles. The molecule has 82 valence electrons. The standard InChI is InChI=1S/C11H15NO2S/c1-5-6-11(7-8(2)3)9(13)12(4)10(14)15-11/h5H,1-2,6-7H2,3-4H3. The van der Waals surface area contributed by atoms with Crippen LogP contribution in [0.4, 0.5) is 4.79 Å². The highest BCUT2D eigenvalue weighted by Gasteiger charge is 2.50. The minimum atomic E-state index is -0.695. The van der Waals surface area contributed by atoms with E-state index in [4.69, 9.17) is 0 Å². The van der Waals surface area contributed by atoms with E-state index < -0.39 is 4.75 Å². The van der Waals surface area contributed by atoms with Crippen LogP contribution in [0.5, 0.6) is 0 Å². The first-order valence-corrected chi connectivity index (χ1v) is 5.51. The number of nitrogens with zero attached hydrogens (tertiary/aromatic N) is 1. The predicted molar refractivity (Wildman–Crippen MR) is 62.7 cm³/mol. The zero-order valence-corrected chi connectivity index (χ0v) is 9.89. The van der Waals surface area contributed by atoms with Crippen molar-refractivity contribution in [3.05, 3.63) is 24.8 Å². The van der Waals surface area contributed by atoms with Crippen molar-refractivity contribution in [2.24, 2.45) is 0 Å². The maximum Gasteiger partial charge on any atom is 0.289 e. The second kappa shape index (κ2) is 4.23. The summed E-state index contributed by atoms with van der Waals surface area (Å²) in [6.07, 6.45) is 2.71. The lowest BCUT2D eigenvalue weighted by Crippen LogP contribution is -2.37. The molecule has 0 radical (unpaired) electrons. The van der Waals surface area contributed by atoms with Crippen molar-refractivity contribution in [1.82, 2.24) is 4.90 Å². The van der Waals surface area contributed by atoms with Crippen LogP contribution < -0.4 is 0 Å². The maximum absolute atomic E-state index is 12.0. The number of rotatable bonds is 4. The molecule has 1 saturated heterocycles. The zero-order chi connectivity index (χ0) is 11.6. The van der Waals surface area contributed by atoms with Crippen LogP contribution in [0.3, 0.4) is 0 Å². The lowest BCUT2D eigenvalue weighted by atomic mass is 9.95. The average molecular weight is 225 g/mol. The van der Waals surface area contributed by atoms with E-state index in [1.807, 2.05) is 6.92 Å². The van der Waals surface area contributed by atoms with Crippen molar-refractivity contribution in [3.8, 4) is 0 Å². The first-order valence-electron chi connectivity index (χ1n) is 4.69. The molecule has 0 spiro atoms. The Morgan fingerprint density at radius 2 is 2.20 bits per heavy atom. The van der Waals surface area contributed by atoms with Gasteiger partial charge in [0.2, 0.25) is 5.91 Å². The van der Waals surface area contributed by atoms with Crippen molar-refractivity contribution in [2.45, 2.75) is 24.5 Å². The number of carbonyl (C=O) groups is 2. The monoisotopic (exact) mass is 225 g/mol. The van der Waals surface area contributed by atoms with Gasteiger partial charge in [0.25, 0.3) is 5.24 Å². The minimum Gasteiger partial charge on any atom is -0.275 e. The largest absolute Gasteiger partial charge is 0.289 e. The van der Waals surface area contributed by atoms with Gasteiger partial charge in [0, 0.05) is 7.05 Å². The smallest absolute Gasteiger partial charge is 0.275 e. The molecule has 1 aliphatic heterocycles. The molecular formula is C11H15NO2S. The lowest BCUT2D eigenvalue weighted by molar-refractivity contribution is -0.128. The normalized spacial score (nSPS) is 25.9. The summed E-state index contributed by atoms with van der Waals surface area (Å²) in [6.45, 7) is 9.30. The minimum absolute atomic E-state index is 0.139. The molecule has 1 aliphatic rings. The second-order valence-electron chi connectivity index (χ2n) is 3.85. The fourth-order valence-corrected chi connectivity index (χ4v) is 3.00. The Balaban J connectivity index is 3.01. The lowest BCUT2D eigenvalue weighted by Gasteiger charge is -2.23. The van der Waals surface area contributed by atoms with Crippen LogP contribution in [-0.4, -0.2) is 27.8 Å². The number of amides is 2. The van der Waals surface area contributed by atoms with Gasteiger partial charge in [-0.2, -0.15) is 0 Å². The predicted octanol–water partition coefficient (Wildman–Crippen LogP) is 2.59. The van der Waals surface area contributed by atoms with Gasteiger partial charge in [-0.15, -0.1) is 13.2 Å². The Labute approximate surface area is 94.2 Å². The molecule has 0 aromatic rings. The molecule has 3 nitrogen and oxygen atoms in total. The summed E-state index contributed by atoms with van der Waals surface area (Å²) in [5, 5.41) is -0.192. The number of allylic oxidation sites excluding steroid dienone is 2. The van der Waals surface area contributed by atoms with Crippen LogP contribution in [0, 0.1) is 0 Å². The summed E-state index contributed by atoms with van der Waals surface area (Å²) in [5.41, 5.74) is 0.904. The summed E-state index contributed by atoms with van der Waals surface area (Å²) >= 11 is 1.09. The van der Waals surface area contributed by atoms with E-state index in [2.05, 4.69) is 13.2 Å². The number of thioether (sulfide) groups is 1. The average Bonchev–Trinajstić information content (AvgIpc) is 2.31. The van der Waals surface area contributed by atoms with Crippen molar-refractivity contribution in [2.75, 3.05) is 7.05 Å². The van der Waals surface area contributed by atoms with E-state index in [-0.39, 0.29) is 11.1 Å². The van der Waals surface area contributed by atoms with E-state index in [1.165, 1.54) is 11.9 Å². The molecule has 1 fully saturated rings. The van der Waals surface area contributed by atoms with Crippen LogP contribution in [0.2, 0.25) is 0 Å². The van der Waals surface area contributed by atoms with Gasteiger partial charge in [-0.3, -0.25) is 14.5 Å². The van der Waals surface area contributed by atoms with E-state index in [0.717, 1.165) is 17.3 Å². The van der Waals surface area contributed by atoms with Gasteiger partial charge in [0.1, 0.15) is 4.75 Å². The van der Waals surface area contributed by atoms with Gasteiger partial charge in [0.05, 0.1) is 0 Å². The van der Waals surface area contributed by atoms with E-state index in [1.54, 1.807) is 6.08 Å². The zero-order valence-electron chi connectivity index (χ0n) is 9.08. The van der Waals surface area contributed by atoms with Crippen LogP contribution in [0.15, 0.2) is 24.8 Å². The van der Waals surface area contributed by atoms with Crippen LogP contribution >= 0.6 is 11.8 Å². The summed E-state index contributed by atoms with van der Waals surface area (Å²) in [7, 11) is 1.51. The Kier molecular flexibility index (Phi) is 3.39. The third kappa shape index (κ3) is 2.15. The Bertz CT molecular complexity index is 333. The first-order chi connectivity index (χ1) is 6.93. The number of hydrogen-bond acceptors (Lipinski definition) is 3. The summed E-state index contributed by atoms with van der Waals surface area (Å²) in [5.74, 6) is -0.139. The molecule has 0 bridgehead atoms. The quantitative estimate of drug-likeness (QED) is 0.690. The molecule has 1 heterocycles. The third-order valence-electron chi connectivity index (χ3n) is 2.31. The van der Waals surface area contributed by atoms with Gasteiger partial charge >= 0.3 is 0 Å². The van der Waals surface area contributed by atoms with Gasteiger partial charge in [0.15, 0.2) is 0 Å². The molecule has 1 rings (SSSR count). The SMILES string of the molecule is C=CCC1(CC(=C)C)SC(=O)N(C)C1=O. The first kappa shape index (κ1) is 12.0. The molecule has 4 heteroatoms. The van der Waals surface area contributed by atoms with Crippen molar-refractivity contribution in [1.29, 1.82) is 0 Å². The Morgan fingerprint density at radius 3 is 2.53 bits per heavy atom. The highest BCUT2D eigenvalue weighted by Crippen LogP contribution is 2.43. The van der Waals surface area contributed by atoms with E-state index in [0.29, 0.717) is 12.8 Å². The number of imide groups is 1. The van der Waals surface area contributed by atoms with Gasteiger partial charge in [-0.1, -0.05) is 11.6 Å². The fraction of sp³-hybridized carbons (Fsp3) is 0.455. The summed E-state index contributed by atoms with van der Waals surface area (Å²) in [4.78, 5) is 24.6. The molecular weight excluding hydrogens is 210 g/mol. The molecule has 1 atom stereocenters. The van der Waals surface area contributed by atoms with Crippen molar-refractivity contribution in [3.63, 3.8) is 0 Å². The van der Waals surface area contributed by atoms with Crippen LogP contribution in [-0.2, 0) is 4.79 Å². The van der Waals surface area contributed by atoms with E-state index >= 15 is 0 Å². The van der Waals surface area contributed by atoms with Crippen molar-refractivity contribution >= 4 is 22.9 Å². The van der Waals surface area contributed by atoms with Crippen LogP contribution in [0.1, 0.15) is 19.8 Å². The number of carbonyl (C=O) groups excluding carboxylic acids is 2. The Morgan fingerprint density at radius 1 is 1.60 bits per heavy atom. The van der Waals surface area contributed by atoms with Gasteiger partial charge in [-0.05, 0) is 31.5 Å². The van der Waals surface area contributed by atoms with E-state index in [9.17, 15) is 9.59 Å². The number of hydrogen-bond donors (Lipinski definition) is 0. The molecule has 0 aromatic heterocycles. The van der Waals surface area contributed by atoms with Crippen LogP contribution in [0.25, 0.3) is 0 Å². The molecule has 2 amide bonds. The molecule has 0 aromatic carbocycles. The highest BCUT2D eigenvalue weighted by molar-refractivity contribution is 8.16. The molecule has 1 unspecified atom stereocenters. The van der Waals surface area contributed by atoms with Crippen molar-refractivity contribution < 1.29 is 9.59 Å². The molecule has 15 heavy (non-hydrogen) atoms. The second-order valence-corrected chi connectivity index (χ2v) is 5.19. The molecule has 0 N–H and O–H groups in total. The topological polar surface area (TPSA) is 37.4 Å². The van der Waals surface area contributed by atoms with Gasteiger partial charge in [-0.25, -0.2) is 0 Å². The third-order valence-corrected chi connectivity index (χ3v) is 3.64. The highest BCUT2D eigenvalue weighted by atomic mass is 32.2. The summed E-state index contributed by atoms with van der Waals surface area (Å²) < 4.78 is -0.695.